The maximum Gasteiger partial charge on any atom is 0.236 e. The number of aryl methyl sites for hydroxylation is 1. The van der Waals surface area contributed by atoms with Crippen molar-refractivity contribution in [2.75, 3.05) is 20.1 Å². The van der Waals surface area contributed by atoms with Gasteiger partial charge in [-0.2, -0.15) is 0 Å². The van der Waals surface area contributed by atoms with Crippen molar-refractivity contribution in [1.82, 2.24) is 15.2 Å². The Morgan fingerprint density at radius 1 is 1.45 bits per heavy atom. The third-order valence-electron chi connectivity index (χ3n) is 3.99. The van der Waals surface area contributed by atoms with E-state index in [0.717, 1.165) is 41.9 Å². The van der Waals surface area contributed by atoms with Crippen LogP contribution in [0, 0.1) is 6.92 Å². The summed E-state index contributed by atoms with van der Waals surface area (Å²) in [5, 5.41) is 5.42. The third kappa shape index (κ3) is 2.95. The van der Waals surface area contributed by atoms with Crippen LogP contribution in [0.5, 0.6) is 0 Å². The summed E-state index contributed by atoms with van der Waals surface area (Å²) in [7, 11) is 2.05. The molecular weight excluding hydrogens is 270 g/mol. The second-order valence-electron chi connectivity index (χ2n) is 5.34. The van der Waals surface area contributed by atoms with E-state index in [1.54, 1.807) is 11.3 Å². The largest absolute Gasteiger partial charge is 0.440 e. The van der Waals surface area contributed by atoms with Crippen LogP contribution in [0.25, 0.3) is 10.8 Å². The van der Waals surface area contributed by atoms with E-state index >= 15 is 0 Å². The van der Waals surface area contributed by atoms with Gasteiger partial charge in [0.1, 0.15) is 5.76 Å². The molecule has 1 aliphatic rings. The molecule has 0 radical (unpaired) electrons. The highest BCUT2D eigenvalue weighted by Crippen LogP contribution is 2.26. The van der Waals surface area contributed by atoms with Gasteiger partial charge in [0.25, 0.3) is 0 Å². The minimum Gasteiger partial charge on any atom is -0.440 e. The van der Waals surface area contributed by atoms with Crippen molar-refractivity contribution >= 4 is 11.3 Å². The summed E-state index contributed by atoms with van der Waals surface area (Å²) in [5.41, 5.74) is 1.08. The molecule has 0 saturated carbocycles. The van der Waals surface area contributed by atoms with Crippen molar-refractivity contribution in [3.63, 3.8) is 0 Å². The predicted octanol–water partition coefficient (Wildman–Crippen LogP) is 2.90. The molecule has 1 fully saturated rings. The maximum atomic E-state index is 5.80. The summed E-state index contributed by atoms with van der Waals surface area (Å²) in [5.74, 6) is 1.71. The Morgan fingerprint density at radius 2 is 2.25 bits per heavy atom. The molecule has 1 aliphatic heterocycles. The van der Waals surface area contributed by atoms with Gasteiger partial charge in [-0.05, 0) is 38.3 Å². The number of nitrogens with one attached hydrogen (secondary N) is 1. The van der Waals surface area contributed by atoms with Gasteiger partial charge in [-0.3, -0.25) is 4.90 Å². The number of piperidine rings is 1. The molecule has 2 aromatic heterocycles. The standard InChI is InChI=1S/C15H21N3OS/c1-11-13(10-18-7-5-12(16-2)6-8-18)17-15(19-11)14-4-3-9-20-14/h3-4,9,12,16H,5-8,10H2,1-2H3. The molecule has 0 aliphatic carbocycles. The Labute approximate surface area is 123 Å². The lowest BCUT2D eigenvalue weighted by atomic mass is 10.1. The highest BCUT2D eigenvalue weighted by atomic mass is 32.1. The molecule has 3 rings (SSSR count). The first kappa shape index (κ1) is 13.8. The smallest absolute Gasteiger partial charge is 0.236 e. The molecule has 0 aromatic carbocycles. The second kappa shape index (κ2) is 6.08. The molecular formula is C15H21N3OS. The average molecular weight is 291 g/mol. The number of oxazole rings is 1. The monoisotopic (exact) mass is 291 g/mol. The maximum absolute atomic E-state index is 5.80. The van der Waals surface area contributed by atoms with Crippen molar-refractivity contribution in [3.05, 3.63) is 29.0 Å². The molecule has 1 saturated heterocycles. The van der Waals surface area contributed by atoms with Gasteiger partial charge in [0.05, 0.1) is 10.6 Å². The molecule has 3 heterocycles. The molecule has 0 bridgehead atoms. The SMILES string of the molecule is CNC1CCN(Cc2nc(-c3cccs3)oc2C)CC1. The first-order valence-electron chi connectivity index (χ1n) is 7.16. The van der Waals surface area contributed by atoms with E-state index in [-0.39, 0.29) is 0 Å². The van der Waals surface area contributed by atoms with Crippen LogP contribution in [0.3, 0.4) is 0 Å². The molecule has 0 spiro atoms. The molecule has 20 heavy (non-hydrogen) atoms. The fourth-order valence-corrected chi connectivity index (χ4v) is 3.32. The van der Waals surface area contributed by atoms with Crippen molar-refractivity contribution < 1.29 is 4.42 Å². The summed E-state index contributed by atoms with van der Waals surface area (Å²) < 4.78 is 5.80. The minimum atomic E-state index is 0.673. The summed E-state index contributed by atoms with van der Waals surface area (Å²) in [4.78, 5) is 8.25. The first-order chi connectivity index (χ1) is 9.76. The van der Waals surface area contributed by atoms with Crippen molar-refractivity contribution in [2.24, 2.45) is 0 Å². The van der Waals surface area contributed by atoms with E-state index in [2.05, 4.69) is 33.7 Å². The normalized spacial score (nSPS) is 17.7. The van der Waals surface area contributed by atoms with Crippen LogP contribution in [-0.2, 0) is 6.54 Å². The van der Waals surface area contributed by atoms with Crippen LogP contribution >= 0.6 is 11.3 Å². The fraction of sp³-hybridized carbons (Fsp3) is 0.533. The van der Waals surface area contributed by atoms with E-state index < -0.39 is 0 Å². The van der Waals surface area contributed by atoms with Crippen LogP contribution in [0.15, 0.2) is 21.9 Å². The topological polar surface area (TPSA) is 41.3 Å². The van der Waals surface area contributed by atoms with Crippen molar-refractivity contribution in [2.45, 2.75) is 32.4 Å². The van der Waals surface area contributed by atoms with Crippen LogP contribution in [-0.4, -0.2) is 36.1 Å². The molecule has 2 aromatic rings. The Hall–Kier alpha value is -1.17. The molecule has 1 N–H and O–H groups in total. The zero-order valence-corrected chi connectivity index (χ0v) is 12.9. The predicted molar refractivity (Wildman–Crippen MR) is 81.9 cm³/mol. The lowest BCUT2D eigenvalue weighted by Crippen LogP contribution is -2.40. The zero-order chi connectivity index (χ0) is 13.9. The number of rotatable bonds is 4. The number of hydrogen-bond donors (Lipinski definition) is 1. The van der Waals surface area contributed by atoms with Gasteiger partial charge in [-0.25, -0.2) is 4.98 Å². The Morgan fingerprint density at radius 3 is 2.90 bits per heavy atom. The zero-order valence-electron chi connectivity index (χ0n) is 12.1. The van der Waals surface area contributed by atoms with Crippen LogP contribution in [0.2, 0.25) is 0 Å². The van der Waals surface area contributed by atoms with Gasteiger partial charge in [-0.1, -0.05) is 6.07 Å². The number of thiophene rings is 1. The number of aromatic nitrogens is 1. The molecule has 5 heteroatoms. The van der Waals surface area contributed by atoms with E-state index in [1.807, 2.05) is 13.0 Å². The van der Waals surface area contributed by atoms with Crippen molar-refractivity contribution in [3.8, 4) is 10.8 Å². The molecule has 0 unspecified atom stereocenters. The molecule has 0 amide bonds. The fourth-order valence-electron chi connectivity index (χ4n) is 2.67. The highest BCUT2D eigenvalue weighted by Gasteiger charge is 2.20. The van der Waals surface area contributed by atoms with Gasteiger partial charge in [0.2, 0.25) is 5.89 Å². The summed E-state index contributed by atoms with van der Waals surface area (Å²) >= 11 is 1.67. The van der Waals surface area contributed by atoms with Gasteiger partial charge >= 0.3 is 0 Å². The van der Waals surface area contributed by atoms with Gasteiger partial charge in [0.15, 0.2) is 0 Å². The highest BCUT2D eigenvalue weighted by molar-refractivity contribution is 7.13. The Bertz CT molecular complexity index is 541. The van der Waals surface area contributed by atoms with Gasteiger partial charge < -0.3 is 9.73 Å². The third-order valence-corrected chi connectivity index (χ3v) is 4.85. The number of nitrogens with zero attached hydrogens (tertiary/aromatic N) is 2. The van der Waals surface area contributed by atoms with Crippen LogP contribution < -0.4 is 5.32 Å². The average Bonchev–Trinajstić information content (AvgIpc) is 3.10. The van der Waals surface area contributed by atoms with Crippen molar-refractivity contribution in [1.29, 1.82) is 0 Å². The van der Waals surface area contributed by atoms with Gasteiger partial charge in [-0.15, -0.1) is 11.3 Å². The lowest BCUT2D eigenvalue weighted by Gasteiger charge is -2.31. The molecule has 108 valence electrons. The Kier molecular flexibility index (Phi) is 4.19. The van der Waals surface area contributed by atoms with E-state index in [0.29, 0.717) is 6.04 Å². The van der Waals surface area contributed by atoms with Crippen LogP contribution in [0.1, 0.15) is 24.3 Å². The summed E-state index contributed by atoms with van der Waals surface area (Å²) in [6.07, 6.45) is 2.43. The van der Waals surface area contributed by atoms with E-state index in [4.69, 9.17) is 4.42 Å². The minimum absolute atomic E-state index is 0.673. The van der Waals surface area contributed by atoms with E-state index in [1.165, 1.54) is 12.8 Å². The summed E-state index contributed by atoms with van der Waals surface area (Å²) in [6.45, 7) is 5.18. The first-order valence-corrected chi connectivity index (χ1v) is 8.04. The van der Waals surface area contributed by atoms with E-state index in [9.17, 15) is 0 Å². The number of likely N-dealkylation sites (tertiary alicyclic amines) is 1. The Balaban J connectivity index is 1.66. The quantitative estimate of drug-likeness (QED) is 0.940. The van der Waals surface area contributed by atoms with Gasteiger partial charge in [0, 0.05) is 25.7 Å². The molecule has 4 nitrogen and oxygen atoms in total. The lowest BCUT2D eigenvalue weighted by molar-refractivity contribution is 0.192. The molecule has 0 atom stereocenters. The van der Waals surface area contributed by atoms with Crippen LogP contribution in [0.4, 0.5) is 0 Å². The summed E-state index contributed by atoms with van der Waals surface area (Å²) in [6, 6.07) is 4.76. The number of hydrogen-bond acceptors (Lipinski definition) is 5. The second-order valence-corrected chi connectivity index (χ2v) is 6.29.